The van der Waals surface area contributed by atoms with Crippen LogP contribution in [0.2, 0.25) is 6.04 Å². The lowest BCUT2D eigenvalue weighted by atomic mass is 10.3. The number of ether oxygens (including phenoxy) is 2. The second kappa shape index (κ2) is 10.1. The van der Waals surface area contributed by atoms with Crippen molar-refractivity contribution in [3.8, 4) is 0 Å². The molecule has 0 aliphatic carbocycles. The highest BCUT2D eigenvalue weighted by atomic mass is 28.4. The van der Waals surface area contributed by atoms with Crippen LogP contribution in [-0.4, -0.2) is 80.1 Å². The van der Waals surface area contributed by atoms with Crippen LogP contribution in [0.15, 0.2) is 0 Å². The number of epoxide rings is 1. The number of hydrogen-bond acceptors (Lipinski definition) is 6. The third-order valence-corrected chi connectivity index (χ3v) is 6.41. The summed E-state index contributed by atoms with van der Waals surface area (Å²) in [5.74, 6) is 0. The average Bonchev–Trinajstić information content (AvgIpc) is 3.34. The molecule has 2 N–H and O–H groups in total. The van der Waals surface area contributed by atoms with Crippen LogP contribution >= 0.6 is 0 Å². The highest BCUT2D eigenvalue weighted by Gasteiger charge is 2.37. The standard InChI is InChI=1S/C13H28N2O6Si/c1-17-22(18-2,19-3)9-5-7-15(13(14)16)6-4-8-20-10-12-11-21-12/h12H,4-11H2,1-3H3,(H2,14,16). The summed E-state index contributed by atoms with van der Waals surface area (Å²) in [6.07, 6.45) is 1.72. The van der Waals surface area contributed by atoms with Gasteiger partial charge in [0.2, 0.25) is 0 Å². The maximum atomic E-state index is 11.5. The molecule has 2 amide bonds. The van der Waals surface area contributed by atoms with Gasteiger partial charge in [0, 0.05) is 47.1 Å². The van der Waals surface area contributed by atoms with Gasteiger partial charge in [0.15, 0.2) is 0 Å². The van der Waals surface area contributed by atoms with Crippen LogP contribution < -0.4 is 5.73 Å². The Labute approximate surface area is 133 Å². The molecule has 0 spiro atoms. The minimum Gasteiger partial charge on any atom is -0.379 e. The molecule has 130 valence electrons. The zero-order chi connectivity index (χ0) is 16.4. The van der Waals surface area contributed by atoms with E-state index >= 15 is 0 Å². The van der Waals surface area contributed by atoms with Gasteiger partial charge in [-0.2, -0.15) is 0 Å². The van der Waals surface area contributed by atoms with Crippen LogP contribution in [0.5, 0.6) is 0 Å². The number of nitrogens with zero attached hydrogens (tertiary/aromatic N) is 1. The van der Waals surface area contributed by atoms with Gasteiger partial charge >= 0.3 is 14.8 Å². The molecule has 8 nitrogen and oxygen atoms in total. The van der Waals surface area contributed by atoms with Crippen molar-refractivity contribution in [3.05, 3.63) is 0 Å². The SMILES string of the molecule is CO[Si](CCCN(CCCOCC1CO1)C(N)=O)(OC)OC. The second-order valence-electron chi connectivity index (χ2n) is 5.11. The predicted octanol–water partition coefficient (Wildman–Crippen LogP) is 0.441. The fourth-order valence-electron chi connectivity index (χ4n) is 2.11. The summed E-state index contributed by atoms with van der Waals surface area (Å²) in [4.78, 5) is 13.1. The zero-order valence-corrected chi connectivity index (χ0v) is 14.7. The maximum Gasteiger partial charge on any atom is 0.500 e. The number of carbonyl (C=O) groups excluding carboxylic acids is 1. The molecule has 1 aliphatic rings. The summed E-state index contributed by atoms with van der Waals surface area (Å²) in [5, 5.41) is 0. The monoisotopic (exact) mass is 336 g/mol. The number of nitrogens with two attached hydrogens (primary N) is 1. The Morgan fingerprint density at radius 3 is 2.32 bits per heavy atom. The molecular formula is C13H28N2O6Si. The number of primary amides is 1. The summed E-state index contributed by atoms with van der Waals surface area (Å²) < 4.78 is 26.5. The van der Waals surface area contributed by atoms with Crippen molar-refractivity contribution in [2.75, 3.05) is 54.2 Å². The van der Waals surface area contributed by atoms with Gasteiger partial charge in [-0.15, -0.1) is 0 Å². The summed E-state index contributed by atoms with van der Waals surface area (Å²) in [7, 11) is 2.14. The molecule has 1 heterocycles. The van der Waals surface area contributed by atoms with Crippen molar-refractivity contribution in [1.29, 1.82) is 0 Å². The molecule has 1 unspecified atom stereocenters. The van der Waals surface area contributed by atoms with Crippen LogP contribution in [0.4, 0.5) is 4.79 Å². The summed E-state index contributed by atoms with van der Waals surface area (Å²) in [5.41, 5.74) is 5.40. The fourth-order valence-corrected chi connectivity index (χ4v) is 3.81. The Morgan fingerprint density at radius 2 is 1.82 bits per heavy atom. The van der Waals surface area contributed by atoms with Gasteiger partial charge in [-0.05, 0) is 12.8 Å². The first-order valence-electron chi connectivity index (χ1n) is 7.46. The summed E-state index contributed by atoms with van der Waals surface area (Å²) in [6.45, 7) is 3.13. The number of urea groups is 1. The van der Waals surface area contributed by atoms with Crippen LogP contribution in [-0.2, 0) is 22.8 Å². The molecule has 1 atom stereocenters. The molecule has 1 fully saturated rings. The highest BCUT2D eigenvalue weighted by molar-refractivity contribution is 6.60. The van der Waals surface area contributed by atoms with Crippen molar-refractivity contribution >= 4 is 14.8 Å². The van der Waals surface area contributed by atoms with Gasteiger partial charge in [-0.3, -0.25) is 0 Å². The number of amides is 2. The van der Waals surface area contributed by atoms with E-state index in [0.717, 1.165) is 13.0 Å². The lowest BCUT2D eigenvalue weighted by Crippen LogP contribution is -2.44. The normalized spacial score (nSPS) is 17.5. The minimum atomic E-state index is -2.59. The van der Waals surface area contributed by atoms with Gasteiger partial charge in [-0.25, -0.2) is 4.79 Å². The smallest absolute Gasteiger partial charge is 0.379 e. The summed E-state index contributed by atoms with van der Waals surface area (Å²) >= 11 is 0. The Hall–Kier alpha value is -0.713. The molecule has 1 saturated heterocycles. The van der Waals surface area contributed by atoms with Crippen molar-refractivity contribution < 1.29 is 27.5 Å². The molecule has 9 heteroatoms. The Balaban J connectivity index is 2.20. The topological polar surface area (TPSA) is 95.8 Å². The second-order valence-corrected chi connectivity index (χ2v) is 8.20. The molecule has 1 aliphatic heterocycles. The van der Waals surface area contributed by atoms with Crippen molar-refractivity contribution in [2.45, 2.75) is 25.0 Å². The van der Waals surface area contributed by atoms with E-state index in [4.69, 9.17) is 28.5 Å². The average molecular weight is 336 g/mol. The third kappa shape index (κ3) is 7.03. The van der Waals surface area contributed by atoms with Crippen LogP contribution in [0.1, 0.15) is 12.8 Å². The lowest BCUT2D eigenvalue weighted by molar-refractivity contribution is 0.107. The Morgan fingerprint density at radius 1 is 1.23 bits per heavy atom. The van der Waals surface area contributed by atoms with E-state index < -0.39 is 14.8 Å². The lowest BCUT2D eigenvalue weighted by Gasteiger charge is -2.26. The van der Waals surface area contributed by atoms with Gasteiger partial charge in [-0.1, -0.05) is 0 Å². The third-order valence-electron chi connectivity index (χ3n) is 3.58. The van der Waals surface area contributed by atoms with Crippen LogP contribution in [0.25, 0.3) is 0 Å². The van der Waals surface area contributed by atoms with E-state index in [1.807, 2.05) is 0 Å². The largest absolute Gasteiger partial charge is 0.500 e. The highest BCUT2D eigenvalue weighted by Crippen LogP contribution is 2.15. The van der Waals surface area contributed by atoms with E-state index in [1.54, 1.807) is 26.2 Å². The molecule has 1 rings (SSSR count). The maximum absolute atomic E-state index is 11.5. The number of hydrogen-bond donors (Lipinski definition) is 1. The van der Waals surface area contributed by atoms with E-state index in [2.05, 4.69) is 0 Å². The molecular weight excluding hydrogens is 308 g/mol. The number of rotatable bonds is 13. The first-order chi connectivity index (χ1) is 10.6. The van der Waals surface area contributed by atoms with Gasteiger partial charge in [0.05, 0.1) is 13.2 Å². The van der Waals surface area contributed by atoms with Crippen LogP contribution in [0.3, 0.4) is 0 Å². The van der Waals surface area contributed by atoms with Gasteiger partial charge in [0.1, 0.15) is 6.10 Å². The fraction of sp³-hybridized carbons (Fsp3) is 0.923. The first kappa shape index (κ1) is 19.3. The quantitative estimate of drug-likeness (QED) is 0.298. The molecule has 0 radical (unpaired) electrons. The van der Waals surface area contributed by atoms with E-state index in [1.165, 1.54) is 0 Å². The molecule has 0 saturated carbocycles. The summed E-state index contributed by atoms with van der Waals surface area (Å²) in [6, 6.07) is 0.209. The Bertz CT molecular complexity index is 317. The predicted molar refractivity (Wildman–Crippen MR) is 82.5 cm³/mol. The van der Waals surface area contributed by atoms with E-state index in [0.29, 0.717) is 38.8 Å². The first-order valence-corrected chi connectivity index (χ1v) is 9.39. The van der Waals surface area contributed by atoms with Crippen molar-refractivity contribution in [1.82, 2.24) is 4.90 Å². The molecule has 0 aromatic rings. The molecule has 22 heavy (non-hydrogen) atoms. The minimum absolute atomic E-state index is 0.266. The molecule has 0 aromatic carbocycles. The molecule has 0 aromatic heterocycles. The van der Waals surface area contributed by atoms with Crippen LogP contribution in [0, 0.1) is 0 Å². The van der Waals surface area contributed by atoms with Gasteiger partial charge < -0.3 is 33.4 Å². The zero-order valence-electron chi connectivity index (χ0n) is 13.7. The van der Waals surface area contributed by atoms with E-state index in [9.17, 15) is 4.79 Å². The van der Waals surface area contributed by atoms with Gasteiger partial charge in [0.25, 0.3) is 0 Å². The van der Waals surface area contributed by atoms with Crippen molar-refractivity contribution in [3.63, 3.8) is 0 Å². The number of carbonyl (C=O) groups is 1. The van der Waals surface area contributed by atoms with Crippen molar-refractivity contribution in [2.24, 2.45) is 5.73 Å². The van der Waals surface area contributed by atoms with E-state index in [-0.39, 0.29) is 6.10 Å². The Kier molecular flexibility index (Phi) is 8.91. The molecule has 0 bridgehead atoms.